The van der Waals surface area contributed by atoms with Gasteiger partial charge in [-0.2, -0.15) is 9.90 Å². The Balaban J connectivity index is -0.0000000800. The third kappa shape index (κ3) is 231. The lowest BCUT2D eigenvalue weighted by Crippen LogP contribution is -1.66. The first-order valence-electron chi connectivity index (χ1n) is 0.783. The van der Waals surface area contributed by atoms with Gasteiger partial charge in [0.2, 0.25) is 0 Å². The SMILES string of the molecule is Cl.O=P(O)(O)O.P. The van der Waals surface area contributed by atoms with E-state index in [0.29, 0.717) is 0 Å². The molecule has 0 aromatic rings. The predicted molar refractivity (Wildman–Crippen MR) is 32.6 cm³/mol. The minimum Gasteiger partial charge on any atom is -0.303 e. The molecule has 0 amide bonds. The summed E-state index contributed by atoms with van der Waals surface area (Å²) in [5.41, 5.74) is 0. The van der Waals surface area contributed by atoms with E-state index in [4.69, 9.17) is 19.2 Å². The number of rotatable bonds is 0. The number of hydrogen-bond donors (Lipinski definition) is 3. The first-order chi connectivity index (χ1) is 2.00. The van der Waals surface area contributed by atoms with Crippen molar-refractivity contribution >= 4 is 30.1 Å². The molecule has 0 bridgehead atoms. The van der Waals surface area contributed by atoms with E-state index in [1.165, 1.54) is 0 Å². The zero-order chi connectivity index (χ0) is 4.50. The molecule has 3 N–H and O–H groups in total. The molecular weight excluding hydrogens is 161 g/mol. The Morgan fingerprint density at radius 1 is 1.14 bits per heavy atom. The maximum atomic E-state index is 8.88. The average Bonchev–Trinajstić information content (AvgIpc) is 0.722. The summed E-state index contributed by atoms with van der Waals surface area (Å²) in [7, 11) is -4.64. The minimum atomic E-state index is -4.64. The molecule has 4 nitrogen and oxygen atoms in total. The number of phosphoric acid groups is 1. The Bertz CT molecular complexity index is 55.8. The van der Waals surface area contributed by atoms with Crippen LogP contribution in [0.2, 0.25) is 0 Å². The molecule has 7 heavy (non-hydrogen) atoms. The molecule has 0 fully saturated rings. The molecule has 1 unspecified atom stereocenters. The highest BCUT2D eigenvalue weighted by molar-refractivity contribution is 7.45. The summed E-state index contributed by atoms with van der Waals surface area (Å²) in [4.78, 5) is 21.6. The summed E-state index contributed by atoms with van der Waals surface area (Å²) in [6.45, 7) is 0. The fourth-order valence-electron chi connectivity index (χ4n) is 0. The van der Waals surface area contributed by atoms with Gasteiger partial charge in [0.05, 0.1) is 0 Å². The van der Waals surface area contributed by atoms with E-state index in [9.17, 15) is 0 Å². The molecule has 0 saturated carbocycles. The van der Waals surface area contributed by atoms with E-state index in [1.807, 2.05) is 0 Å². The van der Waals surface area contributed by atoms with Crippen LogP contribution in [0.15, 0.2) is 0 Å². The highest BCUT2D eigenvalue weighted by Gasteiger charge is 2.00. The third-order valence-electron chi connectivity index (χ3n) is 0. The fraction of sp³-hybridized carbons (Fsp3) is 0. The first kappa shape index (κ1) is 15.7. The van der Waals surface area contributed by atoms with Crippen LogP contribution in [0.3, 0.4) is 0 Å². The summed E-state index contributed by atoms with van der Waals surface area (Å²) >= 11 is 0. The molecule has 0 heterocycles. The van der Waals surface area contributed by atoms with Crippen molar-refractivity contribution in [3.05, 3.63) is 0 Å². The van der Waals surface area contributed by atoms with Crippen molar-refractivity contribution in [3.63, 3.8) is 0 Å². The van der Waals surface area contributed by atoms with Crippen molar-refractivity contribution in [1.29, 1.82) is 0 Å². The summed E-state index contributed by atoms with van der Waals surface area (Å²) in [6, 6.07) is 0. The molecule has 48 valence electrons. The van der Waals surface area contributed by atoms with E-state index in [2.05, 4.69) is 0 Å². The van der Waals surface area contributed by atoms with Gasteiger partial charge in [0.15, 0.2) is 0 Å². The van der Waals surface area contributed by atoms with E-state index in [-0.39, 0.29) is 22.3 Å². The van der Waals surface area contributed by atoms with Crippen LogP contribution in [0.5, 0.6) is 0 Å². The molecule has 0 aromatic heterocycles. The largest absolute Gasteiger partial charge is 0.466 e. The second-order valence-electron chi connectivity index (χ2n) is 0.513. The summed E-state index contributed by atoms with van der Waals surface area (Å²) < 4.78 is 8.88. The standard InChI is InChI=1S/ClH.H3O4P.H3P/c;1-5(2,3)4;/h1H;(H3,1,2,3,4);1H3. The van der Waals surface area contributed by atoms with Crippen molar-refractivity contribution in [1.82, 2.24) is 0 Å². The second kappa shape index (κ2) is 4.98. The lowest BCUT2D eigenvalue weighted by molar-refractivity contribution is 0.275. The Labute approximate surface area is 50.2 Å². The average molecular weight is 168 g/mol. The van der Waals surface area contributed by atoms with Crippen molar-refractivity contribution in [2.24, 2.45) is 0 Å². The van der Waals surface area contributed by atoms with Gasteiger partial charge in [-0.3, -0.25) is 0 Å². The Kier molecular flexibility index (Phi) is 11.1. The van der Waals surface area contributed by atoms with Crippen LogP contribution in [-0.4, -0.2) is 14.7 Å². The van der Waals surface area contributed by atoms with Gasteiger partial charge >= 0.3 is 7.82 Å². The Morgan fingerprint density at radius 3 is 1.14 bits per heavy atom. The van der Waals surface area contributed by atoms with Gasteiger partial charge in [0.25, 0.3) is 0 Å². The van der Waals surface area contributed by atoms with Crippen LogP contribution in [0, 0.1) is 0 Å². The third-order valence-corrected chi connectivity index (χ3v) is 0. The molecule has 0 aliphatic heterocycles. The zero-order valence-electron chi connectivity index (χ0n) is 3.31. The van der Waals surface area contributed by atoms with Crippen LogP contribution in [-0.2, 0) is 4.57 Å². The van der Waals surface area contributed by atoms with Crippen LogP contribution in [0.4, 0.5) is 0 Å². The first-order valence-corrected chi connectivity index (χ1v) is 2.35. The van der Waals surface area contributed by atoms with Crippen LogP contribution >= 0.6 is 30.1 Å². The van der Waals surface area contributed by atoms with E-state index < -0.39 is 7.82 Å². The molecule has 0 rings (SSSR count). The molecule has 7 heteroatoms. The molecule has 0 saturated heterocycles. The second-order valence-corrected chi connectivity index (χ2v) is 1.54. The summed E-state index contributed by atoms with van der Waals surface area (Å²) in [5, 5.41) is 0. The number of hydrogen-bond acceptors (Lipinski definition) is 1. The molecule has 0 spiro atoms. The zero-order valence-corrected chi connectivity index (χ0v) is 6.44. The normalized spacial score (nSPS) is 8.43. The molecule has 1 atom stereocenters. The van der Waals surface area contributed by atoms with Crippen LogP contribution < -0.4 is 0 Å². The van der Waals surface area contributed by atoms with Gasteiger partial charge in [-0.05, 0) is 0 Å². The fourth-order valence-corrected chi connectivity index (χ4v) is 0. The van der Waals surface area contributed by atoms with Crippen LogP contribution in [0.25, 0.3) is 0 Å². The topological polar surface area (TPSA) is 77.8 Å². The van der Waals surface area contributed by atoms with Crippen molar-refractivity contribution < 1.29 is 19.2 Å². The lowest BCUT2D eigenvalue weighted by atomic mass is 15.8. The molecule has 0 aliphatic rings. The van der Waals surface area contributed by atoms with Crippen molar-refractivity contribution in [2.75, 3.05) is 0 Å². The molecule has 0 radical (unpaired) electrons. The van der Waals surface area contributed by atoms with Gasteiger partial charge in [-0.25, -0.2) is 4.57 Å². The van der Waals surface area contributed by atoms with Crippen molar-refractivity contribution in [2.45, 2.75) is 0 Å². The van der Waals surface area contributed by atoms with Gasteiger partial charge in [0, 0.05) is 0 Å². The van der Waals surface area contributed by atoms with E-state index >= 15 is 0 Å². The van der Waals surface area contributed by atoms with Gasteiger partial charge in [0.1, 0.15) is 0 Å². The smallest absolute Gasteiger partial charge is 0.303 e. The predicted octanol–water partition coefficient (Wildman–Crippen LogP) is -0.449. The van der Waals surface area contributed by atoms with Gasteiger partial charge in [-0.15, -0.1) is 12.4 Å². The Morgan fingerprint density at radius 2 is 1.14 bits per heavy atom. The van der Waals surface area contributed by atoms with Gasteiger partial charge < -0.3 is 14.7 Å². The lowest BCUT2D eigenvalue weighted by Gasteiger charge is -1.82. The summed E-state index contributed by atoms with van der Waals surface area (Å²) in [5.74, 6) is 0. The summed E-state index contributed by atoms with van der Waals surface area (Å²) in [6.07, 6.45) is 0. The minimum absolute atomic E-state index is 0. The maximum Gasteiger partial charge on any atom is 0.466 e. The highest BCUT2D eigenvalue weighted by Crippen LogP contribution is 2.25. The molecular formula is H7ClO4P2. The number of halogens is 1. The van der Waals surface area contributed by atoms with E-state index in [1.54, 1.807) is 0 Å². The monoisotopic (exact) mass is 168 g/mol. The van der Waals surface area contributed by atoms with Gasteiger partial charge in [-0.1, -0.05) is 0 Å². The van der Waals surface area contributed by atoms with Crippen LogP contribution in [0.1, 0.15) is 0 Å². The maximum absolute atomic E-state index is 8.88. The molecule has 0 aromatic carbocycles. The van der Waals surface area contributed by atoms with E-state index in [0.717, 1.165) is 0 Å². The molecule has 0 aliphatic carbocycles. The highest BCUT2D eigenvalue weighted by atomic mass is 35.5. The quantitative estimate of drug-likeness (QED) is 0.428. The van der Waals surface area contributed by atoms with Crippen molar-refractivity contribution in [3.8, 4) is 0 Å². The Hall–Kier alpha value is 0.830.